The van der Waals surface area contributed by atoms with E-state index in [0.29, 0.717) is 59.0 Å². The Balaban J connectivity index is 1.21. The van der Waals surface area contributed by atoms with E-state index < -0.39 is 11.8 Å². The van der Waals surface area contributed by atoms with Crippen molar-refractivity contribution in [3.05, 3.63) is 131 Å². The second-order valence-corrected chi connectivity index (χ2v) is 11.0. The predicted octanol–water partition coefficient (Wildman–Crippen LogP) is 6.27. The second kappa shape index (κ2) is 14.3. The lowest BCUT2D eigenvalue weighted by atomic mass is 10.1. The van der Waals surface area contributed by atoms with Gasteiger partial charge in [0.05, 0.1) is 17.7 Å². The zero-order chi connectivity index (χ0) is 30.9. The first kappa shape index (κ1) is 30.3. The molecule has 0 fully saturated rings. The lowest BCUT2D eigenvalue weighted by Gasteiger charge is -2.14. The van der Waals surface area contributed by atoms with Crippen molar-refractivity contribution in [1.82, 2.24) is 10.2 Å². The van der Waals surface area contributed by atoms with Gasteiger partial charge in [-0.1, -0.05) is 48.5 Å². The predicted molar refractivity (Wildman–Crippen MR) is 172 cm³/mol. The number of thioether (sulfide) groups is 1. The van der Waals surface area contributed by atoms with E-state index >= 15 is 0 Å². The van der Waals surface area contributed by atoms with Gasteiger partial charge in [-0.15, -0.1) is 11.8 Å². The molecule has 44 heavy (non-hydrogen) atoms. The van der Waals surface area contributed by atoms with Gasteiger partial charge in [-0.3, -0.25) is 24.1 Å². The number of ether oxygens (including phenoxy) is 1. The Labute approximate surface area is 260 Å². The molecule has 2 N–H and O–H groups in total. The van der Waals surface area contributed by atoms with Crippen LogP contribution >= 0.6 is 11.8 Å². The summed E-state index contributed by atoms with van der Waals surface area (Å²) in [7, 11) is 0. The topological polar surface area (TPSA) is 105 Å². The Morgan fingerprint density at radius 2 is 1.45 bits per heavy atom. The van der Waals surface area contributed by atoms with Crippen molar-refractivity contribution in [3.8, 4) is 5.75 Å². The van der Waals surface area contributed by atoms with Crippen molar-refractivity contribution in [2.75, 3.05) is 24.2 Å². The number of carbonyl (C=O) groups is 4. The molecule has 1 aliphatic rings. The molecule has 5 rings (SSSR count). The molecule has 1 aliphatic heterocycles. The molecule has 4 amide bonds. The van der Waals surface area contributed by atoms with Crippen LogP contribution in [0.15, 0.2) is 114 Å². The number of amides is 4. The van der Waals surface area contributed by atoms with Crippen molar-refractivity contribution in [1.29, 1.82) is 0 Å². The van der Waals surface area contributed by atoms with Crippen molar-refractivity contribution in [2.45, 2.75) is 18.2 Å². The monoisotopic (exact) mass is 605 g/mol. The fourth-order valence-corrected chi connectivity index (χ4v) is 5.51. The molecular weight excluding hydrogens is 574 g/mol. The van der Waals surface area contributed by atoms with Crippen LogP contribution in [-0.2, 0) is 4.79 Å². The minimum absolute atomic E-state index is 0.0672. The Hall–Kier alpha value is -5.15. The minimum Gasteiger partial charge on any atom is -0.493 e. The molecule has 0 radical (unpaired) electrons. The fourth-order valence-electron chi connectivity index (χ4n) is 4.67. The average molecular weight is 606 g/mol. The number of carbonyl (C=O) groups excluding carboxylic acids is 4. The molecule has 0 bridgehead atoms. The van der Waals surface area contributed by atoms with Gasteiger partial charge in [0.2, 0.25) is 0 Å². The van der Waals surface area contributed by atoms with E-state index in [4.69, 9.17) is 4.74 Å². The molecule has 0 saturated heterocycles. The van der Waals surface area contributed by atoms with E-state index in [1.165, 1.54) is 4.90 Å². The van der Waals surface area contributed by atoms with Crippen molar-refractivity contribution in [2.24, 2.45) is 0 Å². The van der Waals surface area contributed by atoms with E-state index in [9.17, 15) is 19.2 Å². The summed E-state index contributed by atoms with van der Waals surface area (Å²) in [5.74, 6) is -0.0816. The number of fused-ring (bicyclic) bond motifs is 1. The standard InChI is InChI=1S/C35H31N3O5S/c1-2-43-31-16-9-6-13-25(31)23-30(37-32(39)24-11-4-3-5-12-24)33(40)36-26-17-19-27(20-18-26)44-22-10-21-38-34(41)28-14-7-8-15-29(28)35(38)42/h3-9,11-20,23H,2,10,21-22H2,1H3,(H,36,40)(H,37,39)/b30-23-. The van der Waals surface area contributed by atoms with Gasteiger partial charge in [0, 0.05) is 28.3 Å². The summed E-state index contributed by atoms with van der Waals surface area (Å²) >= 11 is 1.59. The number of benzene rings is 4. The van der Waals surface area contributed by atoms with Crippen LogP contribution < -0.4 is 15.4 Å². The third-order valence-corrected chi connectivity index (χ3v) is 7.93. The zero-order valence-electron chi connectivity index (χ0n) is 24.1. The van der Waals surface area contributed by atoms with Gasteiger partial charge in [-0.05, 0) is 79.8 Å². The van der Waals surface area contributed by atoms with Gasteiger partial charge < -0.3 is 15.4 Å². The van der Waals surface area contributed by atoms with Crippen LogP contribution in [0, 0.1) is 0 Å². The van der Waals surface area contributed by atoms with Crippen LogP contribution in [-0.4, -0.2) is 47.4 Å². The molecule has 9 heteroatoms. The van der Waals surface area contributed by atoms with Gasteiger partial charge in [0.15, 0.2) is 0 Å². The van der Waals surface area contributed by atoms with Crippen molar-refractivity contribution < 1.29 is 23.9 Å². The summed E-state index contributed by atoms with van der Waals surface area (Å²) in [6, 6.07) is 30.2. The van der Waals surface area contributed by atoms with E-state index in [1.54, 1.807) is 84.6 Å². The molecule has 0 aromatic heterocycles. The number of hydrogen-bond donors (Lipinski definition) is 2. The molecule has 0 spiro atoms. The SMILES string of the molecule is CCOc1ccccc1/C=C(\NC(=O)c1ccccc1)C(=O)Nc1ccc(SCCCN2C(=O)c3ccccc3C2=O)cc1. The highest BCUT2D eigenvalue weighted by Gasteiger charge is 2.34. The number of nitrogens with zero attached hydrogens (tertiary/aromatic N) is 1. The summed E-state index contributed by atoms with van der Waals surface area (Å²) in [5, 5.41) is 5.62. The van der Waals surface area contributed by atoms with Crippen molar-refractivity contribution in [3.63, 3.8) is 0 Å². The van der Waals surface area contributed by atoms with Crippen LogP contribution in [0.3, 0.4) is 0 Å². The maximum Gasteiger partial charge on any atom is 0.272 e. The number of rotatable bonds is 12. The maximum atomic E-state index is 13.4. The first-order valence-corrected chi connectivity index (χ1v) is 15.2. The van der Waals surface area contributed by atoms with Crippen LogP contribution in [0.25, 0.3) is 6.08 Å². The Bertz CT molecular complexity index is 1670. The normalized spacial score (nSPS) is 12.6. The van der Waals surface area contributed by atoms with Gasteiger partial charge >= 0.3 is 0 Å². The summed E-state index contributed by atoms with van der Waals surface area (Å²) in [6.45, 7) is 2.68. The largest absolute Gasteiger partial charge is 0.493 e. The van der Waals surface area contributed by atoms with E-state index in [-0.39, 0.29) is 17.5 Å². The van der Waals surface area contributed by atoms with Crippen molar-refractivity contribution >= 4 is 47.2 Å². The van der Waals surface area contributed by atoms with Crippen LogP contribution in [0.5, 0.6) is 5.75 Å². The Morgan fingerprint density at radius 1 is 0.818 bits per heavy atom. The number of para-hydroxylation sites is 1. The number of anilines is 1. The first-order chi connectivity index (χ1) is 21.4. The Kier molecular flexibility index (Phi) is 9.89. The second-order valence-electron chi connectivity index (χ2n) is 9.84. The van der Waals surface area contributed by atoms with Gasteiger partial charge in [0.1, 0.15) is 11.4 Å². The number of imide groups is 1. The molecule has 0 unspecified atom stereocenters. The molecule has 4 aromatic rings. The minimum atomic E-state index is -0.484. The Morgan fingerprint density at radius 3 is 2.14 bits per heavy atom. The highest BCUT2D eigenvalue weighted by Crippen LogP contribution is 2.25. The van der Waals surface area contributed by atoms with Crippen LogP contribution in [0.4, 0.5) is 5.69 Å². The summed E-state index contributed by atoms with van der Waals surface area (Å²) < 4.78 is 5.71. The maximum absolute atomic E-state index is 13.4. The average Bonchev–Trinajstić information content (AvgIpc) is 3.29. The summed E-state index contributed by atoms with van der Waals surface area (Å²) in [4.78, 5) is 53.8. The molecule has 4 aromatic carbocycles. The van der Waals surface area contributed by atoms with E-state index in [2.05, 4.69) is 10.6 Å². The highest BCUT2D eigenvalue weighted by atomic mass is 32.2. The third-order valence-electron chi connectivity index (χ3n) is 6.83. The van der Waals surface area contributed by atoms with E-state index in [0.717, 1.165) is 4.90 Å². The summed E-state index contributed by atoms with van der Waals surface area (Å²) in [5.41, 5.74) is 2.62. The van der Waals surface area contributed by atoms with Gasteiger partial charge in [-0.2, -0.15) is 0 Å². The third kappa shape index (κ3) is 7.25. The molecule has 0 aliphatic carbocycles. The first-order valence-electron chi connectivity index (χ1n) is 14.2. The zero-order valence-corrected chi connectivity index (χ0v) is 24.9. The quantitative estimate of drug-likeness (QED) is 0.0854. The van der Waals surface area contributed by atoms with Crippen LogP contribution in [0.1, 0.15) is 50.0 Å². The molecule has 1 heterocycles. The molecule has 222 valence electrons. The smallest absolute Gasteiger partial charge is 0.272 e. The number of hydrogen-bond acceptors (Lipinski definition) is 6. The van der Waals surface area contributed by atoms with Gasteiger partial charge in [0.25, 0.3) is 23.6 Å². The molecule has 0 atom stereocenters. The van der Waals surface area contributed by atoms with Gasteiger partial charge in [-0.25, -0.2) is 0 Å². The molecular formula is C35H31N3O5S. The van der Waals surface area contributed by atoms with E-state index in [1.807, 2.05) is 43.3 Å². The summed E-state index contributed by atoms with van der Waals surface area (Å²) in [6.07, 6.45) is 2.24. The lowest BCUT2D eigenvalue weighted by molar-refractivity contribution is -0.113. The molecule has 0 saturated carbocycles. The fraction of sp³-hybridized carbons (Fsp3) is 0.143. The highest BCUT2D eigenvalue weighted by molar-refractivity contribution is 7.99. The van der Waals surface area contributed by atoms with Crippen LogP contribution in [0.2, 0.25) is 0 Å². The lowest BCUT2D eigenvalue weighted by Crippen LogP contribution is -2.31. The molecule has 8 nitrogen and oxygen atoms in total. The number of nitrogens with one attached hydrogen (secondary N) is 2.